The Morgan fingerprint density at radius 3 is 2.68 bits per heavy atom. The Hall–Kier alpha value is -2.01. The van der Waals surface area contributed by atoms with Gasteiger partial charge in [-0.25, -0.2) is 4.79 Å². The third kappa shape index (κ3) is 5.08. The quantitative estimate of drug-likeness (QED) is 0.432. The van der Waals surface area contributed by atoms with Gasteiger partial charge in [0.2, 0.25) is 5.91 Å². The number of unbranched alkanes of at least 4 members (excludes halogenated alkanes) is 1. The fourth-order valence-electron chi connectivity index (χ4n) is 4.59. The number of ether oxygens (including phenoxy) is 1. The first-order chi connectivity index (χ1) is 14.6. The summed E-state index contributed by atoms with van der Waals surface area (Å²) in [5.74, 6) is -0.0568. The van der Waals surface area contributed by atoms with E-state index in [0.29, 0.717) is 50.9 Å². The van der Waals surface area contributed by atoms with Crippen molar-refractivity contribution >= 4 is 5.91 Å². The molecule has 1 aromatic rings. The molecule has 2 aliphatic rings. The van der Waals surface area contributed by atoms with E-state index < -0.39 is 34.5 Å². The van der Waals surface area contributed by atoms with Crippen LogP contribution in [0.3, 0.4) is 0 Å². The monoisotopic (exact) mass is 437 g/mol. The first-order valence-electron chi connectivity index (χ1n) is 11.0. The molecule has 0 saturated carbocycles. The van der Waals surface area contributed by atoms with Gasteiger partial charge >= 0.3 is 5.69 Å². The molecule has 0 unspecified atom stereocenters. The van der Waals surface area contributed by atoms with Crippen LogP contribution in [0.5, 0.6) is 0 Å². The maximum atomic E-state index is 12.7. The van der Waals surface area contributed by atoms with E-state index in [4.69, 9.17) is 16.2 Å². The lowest BCUT2D eigenvalue weighted by Crippen LogP contribution is -2.59. The third-order valence-electron chi connectivity index (χ3n) is 6.71. The highest BCUT2D eigenvalue weighted by Gasteiger charge is 2.50. The van der Waals surface area contributed by atoms with Gasteiger partial charge in [-0.3, -0.25) is 19.1 Å². The highest BCUT2D eigenvalue weighted by atomic mass is 16.5. The molecular weight excluding hydrogens is 402 g/mol. The third-order valence-corrected chi connectivity index (χ3v) is 6.71. The molecule has 3 heterocycles. The molecule has 0 radical (unpaired) electrons. The Balaban J connectivity index is 1.71. The van der Waals surface area contributed by atoms with Gasteiger partial charge in [0.25, 0.3) is 5.56 Å². The summed E-state index contributed by atoms with van der Waals surface area (Å²) in [6.07, 6.45) is 5.40. The largest absolute Gasteiger partial charge is 0.386 e. The van der Waals surface area contributed by atoms with Crippen LogP contribution in [0.15, 0.2) is 15.8 Å². The molecule has 2 saturated heterocycles. The Labute approximate surface area is 181 Å². The summed E-state index contributed by atoms with van der Waals surface area (Å²) in [6, 6.07) is -1.07. The molecule has 1 aromatic heterocycles. The van der Waals surface area contributed by atoms with E-state index in [0.717, 1.165) is 12.8 Å². The number of aromatic nitrogens is 2. The summed E-state index contributed by atoms with van der Waals surface area (Å²) in [7, 11) is 0. The molecule has 31 heavy (non-hydrogen) atoms. The topological polar surface area (TPSA) is 157 Å². The summed E-state index contributed by atoms with van der Waals surface area (Å²) in [6.45, 7) is 4.94. The number of rotatable bonds is 6. The van der Waals surface area contributed by atoms with Crippen LogP contribution in [0.1, 0.15) is 57.1 Å². The van der Waals surface area contributed by atoms with E-state index in [-0.39, 0.29) is 12.5 Å². The first kappa shape index (κ1) is 23.6. The molecule has 3 atom stereocenters. The second-order valence-electron chi connectivity index (χ2n) is 9.24. The molecule has 6 N–H and O–H groups in total. The second kappa shape index (κ2) is 9.23. The summed E-state index contributed by atoms with van der Waals surface area (Å²) >= 11 is 0. The van der Waals surface area contributed by atoms with Crippen molar-refractivity contribution < 1.29 is 14.6 Å². The van der Waals surface area contributed by atoms with Gasteiger partial charge < -0.3 is 26.2 Å². The van der Waals surface area contributed by atoms with Crippen molar-refractivity contribution in [3.8, 4) is 0 Å². The number of piperidine rings is 1. The standard InChI is InChI=1S/C21H35N5O5/c1-14-12-26(19(29)24-17(14)27)16-11-21(31-13-20(16,2)30)6-9-25(10-7-21)18(28)15(23)5-3-4-8-22/h12,15-16,30H,3-11,13,22-23H2,1-2H3,(H,24,27,29)/t15-,16+,20+/m1/s1. The van der Waals surface area contributed by atoms with Gasteiger partial charge in [-0.05, 0) is 46.1 Å². The van der Waals surface area contributed by atoms with E-state index in [1.807, 2.05) is 0 Å². The van der Waals surface area contributed by atoms with E-state index >= 15 is 0 Å². The summed E-state index contributed by atoms with van der Waals surface area (Å²) in [4.78, 5) is 41.0. The molecule has 0 bridgehead atoms. The molecule has 0 aliphatic carbocycles. The van der Waals surface area contributed by atoms with E-state index in [9.17, 15) is 19.5 Å². The lowest BCUT2D eigenvalue weighted by Gasteiger charge is -2.51. The van der Waals surface area contributed by atoms with E-state index in [1.165, 1.54) is 10.8 Å². The molecule has 2 aliphatic heterocycles. The van der Waals surface area contributed by atoms with Crippen LogP contribution in [-0.4, -0.2) is 68.9 Å². The molecule has 3 rings (SSSR count). The van der Waals surface area contributed by atoms with Crippen LogP contribution in [0, 0.1) is 6.92 Å². The predicted octanol–water partition coefficient (Wildman–Crippen LogP) is -0.625. The van der Waals surface area contributed by atoms with Crippen LogP contribution < -0.4 is 22.7 Å². The van der Waals surface area contributed by atoms with Gasteiger partial charge in [0, 0.05) is 31.3 Å². The number of hydrogen-bond donors (Lipinski definition) is 4. The Bertz CT molecular complexity index is 900. The summed E-state index contributed by atoms with van der Waals surface area (Å²) in [5, 5.41) is 10.9. The lowest BCUT2D eigenvalue weighted by molar-refractivity contribution is -0.202. The molecule has 0 aromatic carbocycles. The number of aromatic amines is 1. The fourth-order valence-corrected chi connectivity index (χ4v) is 4.59. The molecule has 10 heteroatoms. The average Bonchev–Trinajstić information content (AvgIpc) is 2.73. The van der Waals surface area contributed by atoms with Crippen LogP contribution in [-0.2, 0) is 9.53 Å². The summed E-state index contributed by atoms with van der Waals surface area (Å²) in [5.41, 5.74) is 9.19. The minimum absolute atomic E-state index is 0.0568. The van der Waals surface area contributed by atoms with Crippen molar-refractivity contribution in [1.82, 2.24) is 14.5 Å². The number of nitrogens with two attached hydrogens (primary N) is 2. The van der Waals surface area contributed by atoms with Crippen LogP contribution in [0.25, 0.3) is 0 Å². The minimum atomic E-state index is -1.27. The maximum Gasteiger partial charge on any atom is 0.328 e. The van der Waals surface area contributed by atoms with Gasteiger partial charge in [0.1, 0.15) is 5.60 Å². The zero-order valence-electron chi connectivity index (χ0n) is 18.4. The van der Waals surface area contributed by atoms with Crippen LogP contribution in [0.4, 0.5) is 0 Å². The normalized spacial score (nSPS) is 26.7. The number of carbonyl (C=O) groups excluding carboxylic acids is 1. The number of likely N-dealkylation sites (tertiary alicyclic amines) is 1. The fraction of sp³-hybridized carbons (Fsp3) is 0.762. The van der Waals surface area contributed by atoms with Crippen molar-refractivity contribution in [3.63, 3.8) is 0 Å². The van der Waals surface area contributed by atoms with E-state index in [1.54, 1.807) is 18.7 Å². The highest BCUT2D eigenvalue weighted by molar-refractivity contribution is 5.81. The molecule has 1 amide bonds. The zero-order valence-corrected chi connectivity index (χ0v) is 18.4. The number of aryl methyl sites for hydroxylation is 1. The van der Waals surface area contributed by atoms with Crippen molar-refractivity contribution in [2.75, 3.05) is 26.2 Å². The number of nitrogens with zero attached hydrogens (tertiary/aromatic N) is 2. The van der Waals surface area contributed by atoms with Gasteiger partial charge in [-0.15, -0.1) is 0 Å². The Morgan fingerprint density at radius 1 is 1.35 bits per heavy atom. The van der Waals surface area contributed by atoms with Crippen molar-refractivity contribution in [1.29, 1.82) is 0 Å². The predicted molar refractivity (Wildman–Crippen MR) is 116 cm³/mol. The van der Waals surface area contributed by atoms with Gasteiger partial charge in [-0.2, -0.15) is 0 Å². The zero-order chi connectivity index (χ0) is 22.8. The van der Waals surface area contributed by atoms with Crippen LogP contribution in [0.2, 0.25) is 0 Å². The summed E-state index contributed by atoms with van der Waals surface area (Å²) < 4.78 is 7.52. The number of nitrogens with one attached hydrogen (secondary N) is 1. The van der Waals surface area contributed by atoms with Crippen molar-refractivity contribution in [2.24, 2.45) is 11.5 Å². The second-order valence-corrected chi connectivity index (χ2v) is 9.24. The Morgan fingerprint density at radius 2 is 2.03 bits per heavy atom. The Kier molecular flexibility index (Phi) is 7.04. The number of H-pyrrole nitrogens is 1. The number of hydrogen-bond acceptors (Lipinski definition) is 7. The lowest BCUT2D eigenvalue weighted by atomic mass is 9.77. The number of carbonyl (C=O) groups is 1. The van der Waals surface area contributed by atoms with Gasteiger partial charge in [0.15, 0.2) is 0 Å². The SMILES string of the molecule is Cc1cn([C@H]2CC3(CCN(C(=O)[C@H](N)CCCCN)CC3)OC[C@]2(C)O)c(=O)[nH]c1=O. The molecular formula is C21H35N5O5. The average molecular weight is 438 g/mol. The molecule has 1 spiro atoms. The number of aliphatic hydroxyl groups is 1. The smallest absolute Gasteiger partial charge is 0.328 e. The van der Waals surface area contributed by atoms with Crippen molar-refractivity contribution in [3.05, 3.63) is 32.6 Å². The van der Waals surface area contributed by atoms with Gasteiger partial charge in [0.05, 0.1) is 24.3 Å². The highest BCUT2D eigenvalue weighted by Crippen LogP contribution is 2.43. The maximum absolute atomic E-state index is 12.7. The first-order valence-corrected chi connectivity index (χ1v) is 11.0. The molecule has 10 nitrogen and oxygen atoms in total. The van der Waals surface area contributed by atoms with Crippen LogP contribution >= 0.6 is 0 Å². The van der Waals surface area contributed by atoms with Gasteiger partial charge in [-0.1, -0.05) is 6.42 Å². The molecule has 174 valence electrons. The minimum Gasteiger partial charge on any atom is -0.386 e. The van der Waals surface area contributed by atoms with Crippen molar-refractivity contribution in [2.45, 2.75) is 75.7 Å². The number of amides is 1. The molecule has 2 fully saturated rings. The van der Waals surface area contributed by atoms with E-state index in [2.05, 4.69) is 4.98 Å².